The highest BCUT2D eigenvalue weighted by Crippen LogP contribution is 2.18. The minimum atomic E-state index is 0.712. The Labute approximate surface area is 88.3 Å². The summed E-state index contributed by atoms with van der Waals surface area (Å²) in [5, 5.41) is 7.78. The molecule has 0 aromatic carbocycles. The molecule has 0 saturated heterocycles. The summed E-state index contributed by atoms with van der Waals surface area (Å²) in [6.07, 6.45) is 7.62. The second-order valence-corrected chi connectivity index (χ2v) is 4.05. The normalized spacial score (nSPS) is 16.8. The smallest absolute Gasteiger partial charge is 0.155 e. The van der Waals surface area contributed by atoms with Crippen LogP contribution in [0.15, 0.2) is 24.5 Å². The van der Waals surface area contributed by atoms with E-state index in [9.17, 15) is 0 Å². The Morgan fingerprint density at radius 2 is 2.27 bits per heavy atom. The maximum atomic E-state index is 4.25. The molecule has 4 heteroatoms. The van der Waals surface area contributed by atoms with Crippen LogP contribution in [0.25, 0.3) is 5.65 Å². The first-order valence-corrected chi connectivity index (χ1v) is 5.44. The molecular formula is C11H14N4. The predicted molar refractivity (Wildman–Crippen MR) is 57.5 cm³/mol. The van der Waals surface area contributed by atoms with Crippen molar-refractivity contribution in [3.05, 3.63) is 30.2 Å². The average Bonchev–Trinajstić information content (AvgIpc) is 2.63. The first-order valence-electron chi connectivity index (χ1n) is 5.44. The maximum absolute atomic E-state index is 4.25. The van der Waals surface area contributed by atoms with E-state index < -0.39 is 0 Å². The van der Waals surface area contributed by atoms with Crippen molar-refractivity contribution in [2.75, 3.05) is 0 Å². The van der Waals surface area contributed by atoms with Gasteiger partial charge in [0.25, 0.3) is 0 Å². The Bertz CT molecular complexity index is 458. The van der Waals surface area contributed by atoms with Crippen LogP contribution in [-0.2, 0) is 6.54 Å². The van der Waals surface area contributed by atoms with E-state index >= 15 is 0 Å². The van der Waals surface area contributed by atoms with Crippen LogP contribution in [-0.4, -0.2) is 20.6 Å². The largest absolute Gasteiger partial charge is 0.308 e. The van der Waals surface area contributed by atoms with Gasteiger partial charge >= 0.3 is 0 Å². The average molecular weight is 202 g/mol. The van der Waals surface area contributed by atoms with Crippen molar-refractivity contribution >= 4 is 5.65 Å². The lowest BCUT2D eigenvalue weighted by Gasteiger charge is -2.26. The molecule has 1 N–H and O–H groups in total. The fourth-order valence-electron chi connectivity index (χ4n) is 1.88. The van der Waals surface area contributed by atoms with Crippen LogP contribution in [0.1, 0.15) is 25.0 Å². The molecule has 0 spiro atoms. The Kier molecular flexibility index (Phi) is 2.14. The van der Waals surface area contributed by atoms with Crippen molar-refractivity contribution in [2.45, 2.75) is 31.8 Å². The maximum Gasteiger partial charge on any atom is 0.155 e. The van der Waals surface area contributed by atoms with Crippen LogP contribution in [0.5, 0.6) is 0 Å². The Morgan fingerprint density at radius 3 is 3.07 bits per heavy atom. The standard InChI is InChI=1S/C11H14N4/c1-2-9(3-1)13-8-10-4-6-12-11-5-7-14-15(10)11/h4-7,9,13H,1-3,8H2. The van der Waals surface area contributed by atoms with E-state index in [1.165, 1.54) is 25.0 Å². The van der Waals surface area contributed by atoms with Crippen LogP contribution in [0.2, 0.25) is 0 Å². The van der Waals surface area contributed by atoms with Gasteiger partial charge in [0.15, 0.2) is 5.65 Å². The molecule has 1 aliphatic carbocycles. The van der Waals surface area contributed by atoms with Crippen molar-refractivity contribution in [3.63, 3.8) is 0 Å². The van der Waals surface area contributed by atoms with Gasteiger partial charge in [-0.3, -0.25) is 0 Å². The van der Waals surface area contributed by atoms with Gasteiger partial charge in [-0.1, -0.05) is 6.42 Å². The molecule has 0 unspecified atom stereocenters. The molecule has 0 atom stereocenters. The molecule has 1 aliphatic rings. The van der Waals surface area contributed by atoms with Crippen LogP contribution >= 0.6 is 0 Å². The fourth-order valence-corrected chi connectivity index (χ4v) is 1.88. The van der Waals surface area contributed by atoms with Crippen LogP contribution < -0.4 is 5.32 Å². The Morgan fingerprint density at radius 1 is 1.33 bits per heavy atom. The monoisotopic (exact) mass is 202 g/mol. The molecule has 2 aromatic heterocycles. The highest BCUT2D eigenvalue weighted by Gasteiger charge is 2.16. The molecule has 1 saturated carbocycles. The van der Waals surface area contributed by atoms with Gasteiger partial charge in [0.2, 0.25) is 0 Å². The van der Waals surface area contributed by atoms with E-state index in [1.54, 1.807) is 6.20 Å². The topological polar surface area (TPSA) is 42.2 Å². The number of rotatable bonds is 3. The molecular weight excluding hydrogens is 188 g/mol. The zero-order valence-electron chi connectivity index (χ0n) is 8.56. The molecule has 4 nitrogen and oxygen atoms in total. The zero-order valence-corrected chi connectivity index (χ0v) is 8.56. The number of aromatic nitrogens is 3. The van der Waals surface area contributed by atoms with Crippen LogP contribution in [0, 0.1) is 0 Å². The van der Waals surface area contributed by atoms with Gasteiger partial charge in [0, 0.05) is 24.8 Å². The van der Waals surface area contributed by atoms with Gasteiger partial charge < -0.3 is 5.32 Å². The molecule has 0 aliphatic heterocycles. The summed E-state index contributed by atoms with van der Waals surface area (Å²) < 4.78 is 1.89. The van der Waals surface area contributed by atoms with Gasteiger partial charge in [0.1, 0.15) is 0 Å². The lowest BCUT2D eigenvalue weighted by Crippen LogP contribution is -2.35. The van der Waals surface area contributed by atoms with Gasteiger partial charge in [-0.15, -0.1) is 0 Å². The van der Waals surface area contributed by atoms with E-state index in [0.29, 0.717) is 6.04 Å². The van der Waals surface area contributed by atoms with Crippen molar-refractivity contribution in [3.8, 4) is 0 Å². The number of fused-ring (bicyclic) bond motifs is 1. The zero-order chi connectivity index (χ0) is 10.1. The third-order valence-electron chi connectivity index (χ3n) is 3.05. The third-order valence-corrected chi connectivity index (χ3v) is 3.05. The SMILES string of the molecule is c1cc(CNC2CCC2)n2nccc2n1. The minimum absolute atomic E-state index is 0.712. The molecule has 2 heterocycles. The summed E-state index contributed by atoms with van der Waals surface area (Å²) in [5.74, 6) is 0. The minimum Gasteiger partial charge on any atom is -0.308 e. The number of nitrogens with zero attached hydrogens (tertiary/aromatic N) is 3. The highest BCUT2D eigenvalue weighted by molar-refractivity contribution is 5.36. The Hall–Kier alpha value is -1.42. The highest BCUT2D eigenvalue weighted by atomic mass is 15.3. The van der Waals surface area contributed by atoms with E-state index in [4.69, 9.17) is 0 Å². The van der Waals surface area contributed by atoms with Gasteiger partial charge in [0.05, 0.1) is 11.9 Å². The van der Waals surface area contributed by atoms with Crippen molar-refractivity contribution in [2.24, 2.45) is 0 Å². The van der Waals surface area contributed by atoms with Crippen molar-refractivity contribution in [1.82, 2.24) is 19.9 Å². The lowest BCUT2D eigenvalue weighted by molar-refractivity contribution is 0.336. The quantitative estimate of drug-likeness (QED) is 0.817. The molecule has 2 aromatic rings. The molecule has 1 fully saturated rings. The molecule has 3 rings (SSSR count). The van der Waals surface area contributed by atoms with Crippen LogP contribution in [0.3, 0.4) is 0 Å². The molecule has 0 radical (unpaired) electrons. The first kappa shape index (κ1) is 8.85. The van der Waals surface area contributed by atoms with Gasteiger partial charge in [-0.05, 0) is 18.9 Å². The second-order valence-electron chi connectivity index (χ2n) is 4.05. The number of hydrogen-bond donors (Lipinski definition) is 1. The molecule has 15 heavy (non-hydrogen) atoms. The van der Waals surface area contributed by atoms with Gasteiger partial charge in [-0.25, -0.2) is 9.50 Å². The number of nitrogens with one attached hydrogen (secondary N) is 1. The van der Waals surface area contributed by atoms with E-state index in [1.807, 2.05) is 22.8 Å². The van der Waals surface area contributed by atoms with Gasteiger partial charge in [-0.2, -0.15) is 5.10 Å². The summed E-state index contributed by atoms with van der Waals surface area (Å²) in [7, 11) is 0. The van der Waals surface area contributed by atoms with Crippen molar-refractivity contribution < 1.29 is 0 Å². The molecule has 78 valence electrons. The van der Waals surface area contributed by atoms with Crippen LogP contribution in [0.4, 0.5) is 0 Å². The summed E-state index contributed by atoms with van der Waals surface area (Å²) in [6, 6.07) is 4.65. The van der Waals surface area contributed by atoms with E-state index in [0.717, 1.165) is 12.2 Å². The van der Waals surface area contributed by atoms with E-state index in [2.05, 4.69) is 15.4 Å². The first-order chi connectivity index (χ1) is 7.43. The van der Waals surface area contributed by atoms with Crippen molar-refractivity contribution in [1.29, 1.82) is 0 Å². The third kappa shape index (κ3) is 1.61. The number of hydrogen-bond acceptors (Lipinski definition) is 3. The molecule has 0 amide bonds. The fraction of sp³-hybridized carbons (Fsp3) is 0.455. The van der Waals surface area contributed by atoms with E-state index in [-0.39, 0.29) is 0 Å². The summed E-state index contributed by atoms with van der Waals surface area (Å²) in [6.45, 7) is 0.880. The lowest BCUT2D eigenvalue weighted by atomic mass is 9.93. The summed E-state index contributed by atoms with van der Waals surface area (Å²) in [5.41, 5.74) is 2.10. The summed E-state index contributed by atoms with van der Waals surface area (Å²) in [4.78, 5) is 4.24. The summed E-state index contributed by atoms with van der Waals surface area (Å²) >= 11 is 0. The second kappa shape index (κ2) is 3.62. The molecule has 0 bridgehead atoms. The predicted octanol–water partition coefficient (Wildman–Crippen LogP) is 1.37. The Balaban J connectivity index is 1.80.